The zero-order chi connectivity index (χ0) is 21.1. The highest BCUT2D eigenvalue weighted by atomic mass is 19.1. The number of amides is 2. The fourth-order valence-corrected chi connectivity index (χ4v) is 4.74. The number of fused-ring (bicyclic) bond motifs is 3. The first-order chi connectivity index (χ1) is 14.5. The molecule has 3 aliphatic rings. The van der Waals surface area contributed by atoms with Crippen molar-refractivity contribution in [3.63, 3.8) is 0 Å². The van der Waals surface area contributed by atoms with Gasteiger partial charge in [0.25, 0.3) is 0 Å². The van der Waals surface area contributed by atoms with Crippen molar-refractivity contribution >= 4 is 11.8 Å². The molecule has 3 saturated heterocycles. The maximum atomic E-state index is 13.1. The Morgan fingerprint density at radius 3 is 2.70 bits per heavy atom. The number of nitrogens with one attached hydrogen (secondary N) is 3. The Bertz CT molecular complexity index is 899. The summed E-state index contributed by atoms with van der Waals surface area (Å²) in [5.74, 6) is 0.158. The quantitative estimate of drug-likeness (QED) is 0.538. The largest absolute Gasteiger partial charge is 0.355 e. The molecule has 4 atom stereocenters. The van der Waals surface area contributed by atoms with Crippen LogP contribution in [-0.4, -0.2) is 59.0 Å². The highest BCUT2D eigenvalue weighted by molar-refractivity contribution is 5.79. The van der Waals surface area contributed by atoms with Gasteiger partial charge in [0, 0.05) is 38.4 Å². The van der Waals surface area contributed by atoms with Crippen molar-refractivity contribution in [2.45, 2.75) is 32.4 Å². The molecule has 9 heteroatoms. The van der Waals surface area contributed by atoms with E-state index in [1.807, 2.05) is 10.9 Å². The number of quaternary nitrogens is 1. The number of carbonyl (C=O) groups is 2. The first kappa shape index (κ1) is 20.5. The lowest BCUT2D eigenvalue weighted by Crippen LogP contribution is -3.20. The SMILES string of the molecule is CC(=O)NCCNC(=O)[C@H]1C[NH+]2CC[C@H]1C[C@@H]2Cn1cc(-c2ccc(F)cc2)nn1. The molecule has 3 N–H and O–H groups in total. The lowest BCUT2D eigenvalue weighted by molar-refractivity contribution is -0.945. The second-order valence-corrected chi connectivity index (χ2v) is 8.31. The van der Waals surface area contributed by atoms with Gasteiger partial charge in [-0.3, -0.25) is 9.59 Å². The van der Waals surface area contributed by atoms with Gasteiger partial charge in [-0.2, -0.15) is 0 Å². The number of rotatable bonds is 7. The van der Waals surface area contributed by atoms with E-state index in [1.165, 1.54) is 24.0 Å². The van der Waals surface area contributed by atoms with Crippen molar-refractivity contribution in [1.82, 2.24) is 25.6 Å². The van der Waals surface area contributed by atoms with Gasteiger partial charge in [-0.25, -0.2) is 9.07 Å². The van der Waals surface area contributed by atoms with Gasteiger partial charge in [0.05, 0.1) is 31.7 Å². The van der Waals surface area contributed by atoms with Crippen LogP contribution in [-0.2, 0) is 16.1 Å². The second-order valence-electron chi connectivity index (χ2n) is 8.31. The Hall–Kier alpha value is -2.81. The molecule has 8 nitrogen and oxygen atoms in total. The maximum absolute atomic E-state index is 13.1. The predicted molar refractivity (Wildman–Crippen MR) is 108 cm³/mol. The highest BCUT2D eigenvalue weighted by Crippen LogP contribution is 2.28. The molecule has 2 bridgehead atoms. The zero-order valence-electron chi connectivity index (χ0n) is 17.1. The molecule has 5 rings (SSSR count). The first-order valence-electron chi connectivity index (χ1n) is 10.5. The lowest BCUT2D eigenvalue weighted by Gasteiger charge is -2.46. The monoisotopic (exact) mass is 415 g/mol. The molecule has 1 unspecified atom stereocenters. The van der Waals surface area contributed by atoms with Gasteiger partial charge in [-0.15, -0.1) is 5.10 Å². The molecular formula is C21H28FN6O2+. The summed E-state index contributed by atoms with van der Waals surface area (Å²) in [6, 6.07) is 6.67. The molecule has 3 aliphatic heterocycles. The van der Waals surface area contributed by atoms with E-state index >= 15 is 0 Å². The lowest BCUT2D eigenvalue weighted by atomic mass is 9.75. The molecule has 0 aliphatic carbocycles. The Morgan fingerprint density at radius 2 is 2.00 bits per heavy atom. The normalized spacial score (nSPS) is 25.1. The minimum Gasteiger partial charge on any atom is -0.355 e. The standard InChI is InChI=1S/C21H27FN6O2/c1-14(29)23-7-8-24-21(30)19-12-27-9-6-16(19)10-18(27)11-28-13-20(25-26-28)15-2-4-17(22)5-3-15/h2-5,13,16,18-19H,6-12H2,1H3,(H,23,29)(H,24,30)/p+1/t16-,18+,19-/m0/s1. The topological polar surface area (TPSA) is 93.3 Å². The van der Waals surface area contributed by atoms with Crippen LogP contribution in [0.4, 0.5) is 4.39 Å². The molecule has 30 heavy (non-hydrogen) atoms. The summed E-state index contributed by atoms with van der Waals surface area (Å²) in [5, 5.41) is 14.1. The van der Waals surface area contributed by atoms with Crippen LogP contribution in [0.5, 0.6) is 0 Å². The minimum atomic E-state index is -0.269. The fraction of sp³-hybridized carbons (Fsp3) is 0.524. The Balaban J connectivity index is 1.31. The van der Waals surface area contributed by atoms with Crippen LogP contribution in [0.3, 0.4) is 0 Å². The number of benzene rings is 1. The summed E-state index contributed by atoms with van der Waals surface area (Å²) in [4.78, 5) is 25.0. The van der Waals surface area contributed by atoms with Gasteiger partial charge in [0.2, 0.25) is 11.8 Å². The summed E-state index contributed by atoms with van der Waals surface area (Å²) in [6.07, 6.45) is 3.96. The van der Waals surface area contributed by atoms with Gasteiger partial charge >= 0.3 is 0 Å². The average Bonchev–Trinajstić information content (AvgIpc) is 3.20. The molecule has 1 aromatic carbocycles. The summed E-state index contributed by atoms with van der Waals surface area (Å²) in [5.41, 5.74) is 1.58. The number of carbonyl (C=O) groups excluding carboxylic acids is 2. The van der Waals surface area contributed by atoms with Crippen LogP contribution in [0.1, 0.15) is 19.8 Å². The van der Waals surface area contributed by atoms with Gasteiger partial charge in [0.15, 0.2) is 0 Å². The summed E-state index contributed by atoms with van der Waals surface area (Å²) in [6.45, 7) is 5.06. The fourth-order valence-electron chi connectivity index (χ4n) is 4.74. The Morgan fingerprint density at radius 1 is 1.23 bits per heavy atom. The number of halogens is 1. The van der Waals surface area contributed by atoms with E-state index < -0.39 is 0 Å². The van der Waals surface area contributed by atoms with E-state index in [0.29, 0.717) is 25.0 Å². The van der Waals surface area contributed by atoms with Crippen LogP contribution in [0.25, 0.3) is 11.3 Å². The average molecular weight is 415 g/mol. The molecule has 3 fully saturated rings. The molecule has 2 amide bonds. The molecule has 4 heterocycles. The smallest absolute Gasteiger partial charge is 0.229 e. The highest BCUT2D eigenvalue weighted by Gasteiger charge is 2.46. The van der Waals surface area contributed by atoms with Crippen molar-refractivity contribution in [3.8, 4) is 11.3 Å². The van der Waals surface area contributed by atoms with Crippen molar-refractivity contribution in [1.29, 1.82) is 0 Å². The number of hydrogen-bond acceptors (Lipinski definition) is 4. The van der Waals surface area contributed by atoms with Gasteiger partial charge in [0.1, 0.15) is 17.6 Å². The molecule has 1 aromatic heterocycles. The predicted octanol–water partition coefficient (Wildman–Crippen LogP) is -0.370. The van der Waals surface area contributed by atoms with E-state index in [-0.39, 0.29) is 23.5 Å². The van der Waals surface area contributed by atoms with E-state index in [2.05, 4.69) is 20.9 Å². The third-order valence-electron chi connectivity index (χ3n) is 6.27. The maximum Gasteiger partial charge on any atom is 0.229 e. The van der Waals surface area contributed by atoms with Crippen molar-refractivity contribution in [2.75, 3.05) is 26.2 Å². The summed E-state index contributed by atoms with van der Waals surface area (Å²) < 4.78 is 15.0. The molecule has 0 spiro atoms. The van der Waals surface area contributed by atoms with Crippen LogP contribution >= 0.6 is 0 Å². The third kappa shape index (κ3) is 4.67. The molecule has 2 aromatic rings. The van der Waals surface area contributed by atoms with E-state index in [1.54, 1.807) is 12.1 Å². The van der Waals surface area contributed by atoms with Crippen molar-refractivity contribution in [2.24, 2.45) is 11.8 Å². The third-order valence-corrected chi connectivity index (χ3v) is 6.27. The van der Waals surface area contributed by atoms with Gasteiger partial charge in [-0.1, -0.05) is 5.21 Å². The molecule has 160 valence electrons. The van der Waals surface area contributed by atoms with Crippen LogP contribution in [0, 0.1) is 17.7 Å². The van der Waals surface area contributed by atoms with E-state index in [9.17, 15) is 14.0 Å². The number of hydrogen-bond donors (Lipinski definition) is 3. The molecule has 0 saturated carbocycles. The van der Waals surface area contributed by atoms with Gasteiger partial charge in [-0.05, 0) is 30.2 Å². The summed E-state index contributed by atoms with van der Waals surface area (Å²) >= 11 is 0. The number of nitrogens with zero attached hydrogens (tertiary/aromatic N) is 3. The van der Waals surface area contributed by atoms with Crippen molar-refractivity contribution < 1.29 is 18.9 Å². The second kappa shape index (κ2) is 8.91. The van der Waals surface area contributed by atoms with Crippen LogP contribution in [0.2, 0.25) is 0 Å². The first-order valence-corrected chi connectivity index (χ1v) is 10.5. The molecular weight excluding hydrogens is 387 g/mol. The van der Waals surface area contributed by atoms with Crippen LogP contribution in [0.15, 0.2) is 30.5 Å². The number of piperidine rings is 3. The van der Waals surface area contributed by atoms with Crippen molar-refractivity contribution in [3.05, 3.63) is 36.3 Å². The van der Waals surface area contributed by atoms with Gasteiger partial charge < -0.3 is 15.5 Å². The van der Waals surface area contributed by atoms with E-state index in [0.717, 1.165) is 43.7 Å². The van der Waals surface area contributed by atoms with E-state index in [4.69, 9.17) is 0 Å². The molecule has 0 radical (unpaired) electrons. The Labute approximate surface area is 174 Å². The summed E-state index contributed by atoms with van der Waals surface area (Å²) in [7, 11) is 0. The van der Waals surface area contributed by atoms with Crippen LogP contribution < -0.4 is 15.5 Å². The zero-order valence-corrected chi connectivity index (χ0v) is 17.1. The Kier molecular flexibility index (Phi) is 6.08. The number of aromatic nitrogens is 3. The minimum absolute atomic E-state index is 0.0350.